The number of aryl methyl sites for hydroxylation is 2. The molecule has 0 N–H and O–H groups in total. The van der Waals surface area contributed by atoms with Crippen molar-refractivity contribution in [1.82, 2.24) is 9.78 Å². The number of benzene rings is 2. The van der Waals surface area contributed by atoms with Crippen molar-refractivity contribution in [3.8, 4) is 0 Å². The van der Waals surface area contributed by atoms with Gasteiger partial charge in [-0.2, -0.15) is 5.10 Å². The molecule has 5 nitrogen and oxygen atoms in total. The summed E-state index contributed by atoms with van der Waals surface area (Å²) in [6.07, 6.45) is 1.27. The van der Waals surface area contributed by atoms with Gasteiger partial charge in [0.25, 0.3) is 0 Å². The SMILES string of the molecule is CCN(C(=O)Cn1ncc(=O)c2ccccc21)c1cc(C)cc(C)c1. The van der Waals surface area contributed by atoms with Gasteiger partial charge in [-0.05, 0) is 56.2 Å². The summed E-state index contributed by atoms with van der Waals surface area (Å²) in [4.78, 5) is 26.6. The number of carbonyl (C=O) groups excluding carboxylic acids is 1. The van der Waals surface area contributed by atoms with Crippen LogP contribution in [0.15, 0.2) is 53.5 Å². The van der Waals surface area contributed by atoms with Crippen molar-refractivity contribution in [3.63, 3.8) is 0 Å². The van der Waals surface area contributed by atoms with Gasteiger partial charge in [-0.1, -0.05) is 18.2 Å². The lowest BCUT2D eigenvalue weighted by atomic mass is 10.1. The average Bonchev–Trinajstić information content (AvgIpc) is 2.57. The summed E-state index contributed by atoms with van der Waals surface area (Å²) < 4.78 is 1.59. The second kappa shape index (κ2) is 6.89. The first-order valence-electron chi connectivity index (χ1n) is 8.33. The standard InChI is InChI=1S/C20H21N3O2/c1-4-22(16-10-14(2)9-15(3)11-16)20(25)13-23-18-8-6-5-7-17(18)19(24)12-21-23/h5-12H,4,13H2,1-3H3. The molecule has 1 aromatic heterocycles. The monoisotopic (exact) mass is 335 g/mol. The van der Waals surface area contributed by atoms with E-state index >= 15 is 0 Å². The Hall–Kier alpha value is -2.95. The molecule has 0 saturated heterocycles. The summed E-state index contributed by atoms with van der Waals surface area (Å²) in [5.41, 5.74) is 3.65. The number of hydrogen-bond acceptors (Lipinski definition) is 3. The number of hydrogen-bond donors (Lipinski definition) is 0. The van der Waals surface area contributed by atoms with Crippen molar-refractivity contribution in [1.29, 1.82) is 0 Å². The summed E-state index contributed by atoms with van der Waals surface area (Å²) in [6.45, 7) is 6.64. The molecule has 1 amide bonds. The van der Waals surface area contributed by atoms with Crippen LogP contribution in [0, 0.1) is 13.8 Å². The molecule has 128 valence electrons. The number of likely N-dealkylation sites (N-methyl/N-ethyl adjacent to an activating group) is 1. The zero-order valence-electron chi connectivity index (χ0n) is 14.7. The van der Waals surface area contributed by atoms with Crippen LogP contribution in [0.3, 0.4) is 0 Å². The zero-order chi connectivity index (χ0) is 18.0. The molecule has 2 aromatic carbocycles. The van der Waals surface area contributed by atoms with E-state index in [0.29, 0.717) is 17.4 Å². The van der Waals surface area contributed by atoms with Crippen molar-refractivity contribution in [2.75, 3.05) is 11.4 Å². The normalized spacial score (nSPS) is 10.8. The average molecular weight is 335 g/mol. The fourth-order valence-electron chi connectivity index (χ4n) is 3.11. The largest absolute Gasteiger partial charge is 0.311 e. The topological polar surface area (TPSA) is 55.2 Å². The van der Waals surface area contributed by atoms with Crippen LogP contribution in [0.2, 0.25) is 0 Å². The molecule has 0 saturated carbocycles. The zero-order valence-corrected chi connectivity index (χ0v) is 14.7. The number of para-hydroxylation sites is 1. The summed E-state index contributed by atoms with van der Waals surface area (Å²) in [5.74, 6) is -0.0613. The summed E-state index contributed by atoms with van der Waals surface area (Å²) >= 11 is 0. The second-order valence-corrected chi connectivity index (χ2v) is 6.17. The second-order valence-electron chi connectivity index (χ2n) is 6.17. The Kier molecular flexibility index (Phi) is 4.65. The lowest BCUT2D eigenvalue weighted by Gasteiger charge is -2.22. The highest BCUT2D eigenvalue weighted by Gasteiger charge is 2.16. The maximum Gasteiger partial charge on any atom is 0.248 e. The van der Waals surface area contributed by atoms with Crippen molar-refractivity contribution >= 4 is 22.5 Å². The van der Waals surface area contributed by atoms with E-state index in [1.54, 1.807) is 15.6 Å². The molecule has 25 heavy (non-hydrogen) atoms. The minimum Gasteiger partial charge on any atom is -0.311 e. The number of aromatic nitrogens is 2. The number of anilines is 1. The van der Waals surface area contributed by atoms with Crippen molar-refractivity contribution in [2.24, 2.45) is 0 Å². The van der Waals surface area contributed by atoms with Gasteiger partial charge in [0.05, 0.1) is 11.7 Å². The maximum atomic E-state index is 12.9. The Morgan fingerprint density at radius 2 is 1.80 bits per heavy atom. The molecule has 0 atom stereocenters. The summed E-state index contributed by atoms with van der Waals surface area (Å²) in [5, 5.41) is 4.72. The number of fused-ring (bicyclic) bond motifs is 1. The van der Waals surface area contributed by atoms with E-state index in [0.717, 1.165) is 16.8 Å². The number of amides is 1. The van der Waals surface area contributed by atoms with Gasteiger partial charge in [0.15, 0.2) is 0 Å². The molecule has 0 radical (unpaired) electrons. The van der Waals surface area contributed by atoms with E-state index in [1.807, 2.05) is 51.1 Å². The number of nitrogens with zero attached hydrogens (tertiary/aromatic N) is 3. The van der Waals surface area contributed by atoms with Crippen LogP contribution < -0.4 is 10.3 Å². The fourth-order valence-corrected chi connectivity index (χ4v) is 3.11. The van der Waals surface area contributed by atoms with Gasteiger partial charge in [-0.25, -0.2) is 0 Å². The maximum absolute atomic E-state index is 12.9. The van der Waals surface area contributed by atoms with E-state index in [2.05, 4.69) is 11.2 Å². The van der Waals surface area contributed by atoms with Gasteiger partial charge >= 0.3 is 0 Å². The molecule has 3 aromatic rings. The molecule has 5 heteroatoms. The molecule has 1 heterocycles. The summed E-state index contributed by atoms with van der Waals surface area (Å²) in [7, 11) is 0. The van der Waals surface area contributed by atoms with E-state index in [1.165, 1.54) is 6.20 Å². The molecule has 0 aliphatic carbocycles. The first-order chi connectivity index (χ1) is 12.0. The van der Waals surface area contributed by atoms with Crippen LogP contribution in [-0.4, -0.2) is 22.2 Å². The third kappa shape index (κ3) is 3.45. The Labute approximate surface area is 146 Å². The highest BCUT2D eigenvalue weighted by molar-refractivity contribution is 5.94. The lowest BCUT2D eigenvalue weighted by Crippen LogP contribution is -2.34. The summed E-state index contributed by atoms with van der Waals surface area (Å²) in [6, 6.07) is 13.3. The van der Waals surface area contributed by atoms with Crippen LogP contribution in [0.1, 0.15) is 18.1 Å². The van der Waals surface area contributed by atoms with Crippen LogP contribution >= 0.6 is 0 Å². The first kappa shape index (κ1) is 16.9. The minimum absolute atomic E-state index is 0.0613. The molecule has 0 fully saturated rings. The quantitative estimate of drug-likeness (QED) is 0.736. The number of rotatable bonds is 4. The van der Waals surface area contributed by atoms with E-state index in [9.17, 15) is 9.59 Å². The third-order valence-electron chi connectivity index (χ3n) is 4.18. The molecule has 3 rings (SSSR count). The third-order valence-corrected chi connectivity index (χ3v) is 4.18. The van der Waals surface area contributed by atoms with Crippen molar-refractivity contribution in [3.05, 3.63) is 70.0 Å². The molecule has 0 bridgehead atoms. The van der Waals surface area contributed by atoms with Crippen LogP contribution in [0.25, 0.3) is 10.9 Å². The van der Waals surface area contributed by atoms with Gasteiger partial charge in [0.1, 0.15) is 6.54 Å². The fraction of sp³-hybridized carbons (Fsp3) is 0.250. The molecule has 0 unspecified atom stereocenters. The predicted octanol–water partition coefficient (Wildman–Crippen LogP) is 3.07. The van der Waals surface area contributed by atoms with Gasteiger partial charge < -0.3 is 4.90 Å². The van der Waals surface area contributed by atoms with Gasteiger partial charge in [-0.15, -0.1) is 0 Å². The van der Waals surface area contributed by atoms with Crippen molar-refractivity contribution in [2.45, 2.75) is 27.3 Å². The Morgan fingerprint density at radius 3 is 2.48 bits per heavy atom. The Morgan fingerprint density at radius 1 is 1.12 bits per heavy atom. The molecule has 0 aliphatic rings. The predicted molar refractivity (Wildman–Crippen MR) is 99.9 cm³/mol. The molecular weight excluding hydrogens is 314 g/mol. The van der Waals surface area contributed by atoms with Crippen LogP contribution in [0.4, 0.5) is 5.69 Å². The van der Waals surface area contributed by atoms with Gasteiger partial charge in [0.2, 0.25) is 11.3 Å². The molecule has 0 aliphatic heterocycles. The minimum atomic E-state index is -0.138. The van der Waals surface area contributed by atoms with Crippen LogP contribution in [-0.2, 0) is 11.3 Å². The Balaban J connectivity index is 1.96. The van der Waals surface area contributed by atoms with Crippen molar-refractivity contribution < 1.29 is 4.79 Å². The van der Waals surface area contributed by atoms with E-state index in [-0.39, 0.29) is 17.9 Å². The lowest BCUT2D eigenvalue weighted by molar-refractivity contribution is -0.119. The number of carbonyl (C=O) groups is 1. The first-order valence-corrected chi connectivity index (χ1v) is 8.33. The molecular formula is C20H21N3O2. The smallest absolute Gasteiger partial charge is 0.248 e. The van der Waals surface area contributed by atoms with Gasteiger partial charge in [0, 0.05) is 17.6 Å². The van der Waals surface area contributed by atoms with E-state index < -0.39 is 0 Å². The van der Waals surface area contributed by atoms with E-state index in [4.69, 9.17) is 0 Å². The Bertz CT molecular complexity index is 971. The van der Waals surface area contributed by atoms with Gasteiger partial charge in [-0.3, -0.25) is 14.3 Å². The highest BCUT2D eigenvalue weighted by Crippen LogP contribution is 2.19. The van der Waals surface area contributed by atoms with Crippen LogP contribution in [0.5, 0.6) is 0 Å². The molecule has 0 spiro atoms. The highest BCUT2D eigenvalue weighted by atomic mass is 16.2.